The number of hydrogen-bond acceptors (Lipinski definition) is 4. The van der Waals surface area contributed by atoms with Crippen LogP contribution in [0.25, 0.3) is 0 Å². The Morgan fingerprint density at radius 2 is 1.12 bits per heavy atom. The van der Waals surface area contributed by atoms with Crippen LogP contribution in [0.4, 0.5) is 0 Å². The van der Waals surface area contributed by atoms with Gasteiger partial charge in [-0.15, -0.1) is 0 Å². The number of rotatable bonds is 17. The molecule has 0 aliphatic rings. The smallest absolute Gasteiger partial charge is 0.748 e. The fourth-order valence-corrected chi connectivity index (χ4v) is 3.42. The van der Waals surface area contributed by atoms with Gasteiger partial charge in [0.25, 0.3) is 0 Å². The summed E-state index contributed by atoms with van der Waals surface area (Å²) in [6, 6.07) is 0. The number of aliphatic hydroxyl groups is 1. The Bertz CT molecular complexity index is 374. The molecule has 146 valence electrons. The van der Waals surface area contributed by atoms with Crippen LogP contribution in [0.15, 0.2) is 0 Å². The van der Waals surface area contributed by atoms with Crippen molar-refractivity contribution in [1.82, 2.24) is 0 Å². The van der Waals surface area contributed by atoms with Crippen LogP contribution in [0, 0.1) is 0 Å². The molecule has 0 aromatic heterocycles. The molecule has 0 spiro atoms. The fraction of sp³-hybridized carbons (Fsp3) is 1.00. The molecule has 0 saturated heterocycles. The largest absolute Gasteiger partial charge is 1.00 e. The van der Waals surface area contributed by atoms with Crippen LogP contribution in [0.1, 0.15) is 110 Å². The molecule has 0 fully saturated rings. The first-order chi connectivity index (χ1) is 11.4. The van der Waals surface area contributed by atoms with Crippen molar-refractivity contribution in [2.45, 2.75) is 122 Å². The van der Waals surface area contributed by atoms with Crippen molar-refractivity contribution in [2.75, 3.05) is 0 Å². The summed E-state index contributed by atoms with van der Waals surface area (Å²) in [5.74, 6) is 0. The monoisotopic (exact) mass is 386 g/mol. The predicted molar refractivity (Wildman–Crippen MR) is 100 cm³/mol. The molecule has 0 aliphatic carbocycles. The minimum atomic E-state index is -4.11. The maximum absolute atomic E-state index is 10.8. The molecule has 0 amide bonds. The molecule has 0 rings (SSSR count). The van der Waals surface area contributed by atoms with E-state index in [0.29, 0.717) is 6.42 Å². The molecule has 0 heterocycles. The predicted octanol–water partition coefficient (Wildman–Crippen LogP) is 2.16. The van der Waals surface area contributed by atoms with Gasteiger partial charge in [-0.3, -0.25) is 0 Å². The first-order valence-electron chi connectivity index (χ1n) is 10.0. The summed E-state index contributed by atoms with van der Waals surface area (Å²) in [5, 5.41) is 9.19. The fourth-order valence-electron chi connectivity index (χ4n) is 2.97. The molecule has 0 saturated carbocycles. The molecular weight excluding hydrogens is 347 g/mol. The van der Waals surface area contributed by atoms with Crippen molar-refractivity contribution < 1.29 is 47.6 Å². The topological polar surface area (TPSA) is 77.4 Å². The van der Waals surface area contributed by atoms with Crippen LogP contribution in [0.2, 0.25) is 0 Å². The maximum atomic E-state index is 10.8. The van der Waals surface area contributed by atoms with Crippen molar-refractivity contribution >= 4 is 10.1 Å². The van der Waals surface area contributed by atoms with Gasteiger partial charge < -0.3 is 9.66 Å². The standard InChI is InChI=1S/C19H40O4S.Na/c1-3-4-5-6-7-10-13-16-19(20)17-14-11-8-9-12-15-18(2)24(21,22)23;/h18-20H,3-17H2,1-2H3,(H,21,22,23);/q;+1/p-1. The van der Waals surface area contributed by atoms with E-state index in [9.17, 15) is 18.1 Å². The van der Waals surface area contributed by atoms with E-state index in [1.165, 1.54) is 45.4 Å². The molecule has 2 unspecified atom stereocenters. The summed E-state index contributed by atoms with van der Waals surface area (Å²) in [4.78, 5) is 0. The van der Waals surface area contributed by atoms with Crippen LogP contribution in [0.5, 0.6) is 0 Å². The first kappa shape index (κ1) is 28.1. The van der Waals surface area contributed by atoms with Gasteiger partial charge in [-0.1, -0.05) is 84.0 Å². The van der Waals surface area contributed by atoms with Crippen LogP contribution < -0.4 is 29.6 Å². The van der Waals surface area contributed by atoms with Crippen molar-refractivity contribution in [2.24, 2.45) is 0 Å². The van der Waals surface area contributed by atoms with Gasteiger partial charge in [0.1, 0.15) is 0 Å². The third kappa shape index (κ3) is 19.4. The normalized spacial score (nSPS) is 14.1. The van der Waals surface area contributed by atoms with Gasteiger partial charge in [0.2, 0.25) is 0 Å². The van der Waals surface area contributed by atoms with Gasteiger partial charge >= 0.3 is 29.6 Å². The van der Waals surface area contributed by atoms with Crippen molar-refractivity contribution in [3.05, 3.63) is 0 Å². The van der Waals surface area contributed by atoms with Gasteiger partial charge in [0.05, 0.1) is 16.2 Å². The van der Waals surface area contributed by atoms with Gasteiger partial charge in [0.15, 0.2) is 0 Å². The second-order valence-electron chi connectivity index (χ2n) is 7.21. The molecule has 0 aliphatic heterocycles. The van der Waals surface area contributed by atoms with Crippen LogP contribution in [-0.2, 0) is 10.1 Å². The van der Waals surface area contributed by atoms with E-state index in [4.69, 9.17) is 0 Å². The average molecular weight is 387 g/mol. The van der Waals surface area contributed by atoms with E-state index < -0.39 is 15.4 Å². The first-order valence-corrected chi connectivity index (χ1v) is 11.5. The molecule has 4 nitrogen and oxygen atoms in total. The van der Waals surface area contributed by atoms with E-state index >= 15 is 0 Å². The minimum absolute atomic E-state index is 0. The Kier molecular flexibility index (Phi) is 20.5. The zero-order valence-corrected chi connectivity index (χ0v) is 19.7. The van der Waals surface area contributed by atoms with Crippen molar-refractivity contribution in [3.63, 3.8) is 0 Å². The molecule has 6 heteroatoms. The molecule has 0 radical (unpaired) electrons. The summed E-state index contributed by atoms with van der Waals surface area (Å²) in [5.41, 5.74) is 0. The Hall–Kier alpha value is 0.870. The summed E-state index contributed by atoms with van der Waals surface area (Å²) in [7, 11) is -4.11. The Morgan fingerprint density at radius 1 is 0.760 bits per heavy atom. The van der Waals surface area contributed by atoms with E-state index in [1.807, 2.05) is 0 Å². The molecule has 0 aromatic rings. The summed E-state index contributed by atoms with van der Waals surface area (Å²) in [6.07, 6.45) is 16.0. The second kappa shape index (κ2) is 18.2. The molecule has 1 N–H and O–H groups in total. The summed E-state index contributed by atoms with van der Waals surface area (Å²) < 4.78 is 32.3. The quantitative estimate of drug-likeness (QED) is 0.236. The van der Waals surface area contributed by atoms with Gasteiger partial charge in [-0.2, -0.15) is 0 Å². The zero-order valence-electron chi connectivity index (χ0n) is 16.8. The number of unbranched alkanes of at least 4 members (excludes halogenated alkanes) is 10. The summed E-state index contributed by atoms with van der Waals surface area (Å²) >= 11 is 0. The van der Waals surface area contributed by atoms with Crippen molar-refractivity contribution in [3.8, 4) is 0 Å². The molecule has 0 bridgehead atoms. The minimum Gasteiger partial charge on any atom is -0.748 e. The van der Waals surface area contributed by atoms with Gasteiger partial charge in [0, 0.05) is 5.25 Å². The zero-order chi connectivity index (χ0) is 18.3. The average Bonchev–Trinajstić information content (AvgIpc) is 2.52. The SMILES string of the molecule is CCCCCCCCCC(O)CCCCCCCC(C)S(=O)(=O)[O-].[Na+]. The molecule has 0 aromatic carbocycles. The Morgan fingerprint density at radius 3 is 1.52 bits per heavy atom. The molecular formula is C19H39NaO4S. The van der Waals surface area contributed by atoms with E-state index in [2.05, 4.69) is 6.92 Å². The number of aliphatic hydroxyl groups excluding tert-OH is 1. The van der Waals surface area contributed by atoms with Crippen LogP contribution >= 0.6 is 0 Å². The van der Waals surface area contributed by atoms with Gasteiger partial charge in [-0.25, -0.2) is 8.42 Å². The van der Waals surface area contributed by atoms with Crippen LogP contribution in [-0.4, -0.2) is 29.4 Å². The molecule has 25 heavy (non-hydrogen) atoms. The van der Waals surface area contributed by atoms with Crippen molar-refractivity contribution in [1.29, 1.82) is 0 Å². The Labute approximate surface area is 178 Å². The van der Waals surface area contributed by atoms with E-state index in [0.717, 1.165) is 51.4 Å². The maximum Gasteiger partial charge on any atom is 1.00 e. The third-order valence-corrected chi connectivity index (χ3v) is 6.00. The number of hydrogen-bond donors (Lipinski definition) is 1. The molecule has 2 atom stereocenters. The third-order valence-electron chi connectivity index (χ3n) is 4.78. The Balaban J connectivity index is 0. The second-order valence-corrected chi connectivity index (χ2v) is 9.00. The van der Waals surface area contributed by atoms with E-state index in [-0.39, 0.29) is 35.7 Å². The van der Waals surface area contributed by atoms with E-state index in [1.54, 1.807) is 0 Å². The van der Waals surface area contributed by atoms with Crippen LogP contribution in [0.3, 0.4) is 0 Å². The van der Waals surface area contributed by atoms with Gasteiger partial charge in [-0.05, 0) is 26.2 Å². The summed E-state index contributed by atoms with van der Waals surface area (Å²) in [6.45, 7) is 3.72.